The summed E-state index contributed by atoms with van der Waals surface area (Å²) in [5.74, 6) is 0. The topological polar surface area (TPSA) is 81.4 Å². The number of methoxy groups -OCH3 is 1. The molecule has 1 aromatic carbocycles. The van der Waals surface area contributed by atoms with Crippen LogP contribution in [0.25, 0.3) is 0 Å². The number of hydrogen-bond acceptors (Lipinski definition) is 4. The zero-order valence-corrected chi connectivity index (χ0v) is 13.4. The molecule has 0 aromatic heterocycles. The summed E-state index contributed by atoms with van der Waals surface area (Å²) in [5, 5.41) is 0. The zero-order valence-electron chi connectivity index (χ0n) is 12.6. The lowest BCUT2D eigenvalue weighted by atomic mass is 9.90. The first-order valence-corrected chi connectivity index (χ1v) is 8.02. The molecule has 0 aliphatic carbocycles. The summed E-state index contributed by atoms with van der Waals surface area (Å²) < 4.78 is 32.3. The SMILES string of the molecule is COCCC(C)(C)CNS(=O)(=O)c1cccc(N)c1C. The maximum Gasteiger partial charge on any atom is 0.240 e. The van der Waals surface area contributed by atoms with Gasteiger partial charge in [-0.3, -0.25) is 0 Å². The molecule has 5 nitrogen and oxygen atoms in total. The van der Waals surface area contributed by atoms with Gasteiger partial charge in [0.05, 0.1) is 4.90 Å². The molecule has 3 N–H and O–H groups in total. The molecule has 0 saturated carbocycles. The van der Waals surface area contributed by atoms with E-state index in [0.29, 0.717) is 24.4 Å². The summed E-state index contributed by atoms with van der Waals surface area (Å²) in [4.78, 5) is 0.236. The average Bonchev–Trinajstić information content (AvgIpc) is 2.37. The fraction of sp³-hybridized carbons (Fsp3) is 0.571. The van der Waals surface area contributed by atoms with E-state index in [9.17, 15) is 8.42 Å². The van der Waals surface area contributed by atoms with Crippen molar-refractivity contribution in [1.29, 1.82) is 0 Å². The van der Waals surface area contributed by atoms with Crippen LogP contribution in [0.3, 0.4) is 0 Å². The van der Waals surface area contributed by atoms with Crippen LogP contribution in [0.15, 0.2) is 23.1 Å². The molecule has 0 unspecified atom stereocenters. The van der Waals surface area contributed by atoms with Crippen molar-refractivity contribution in [2.45, 2.75) is 32.1 Å². The second-order valence-electron chi connectivity index (χ2n) is 5.70. The lowest BCUT2D eigenvalue weighted by Gasteiger charge is -2.24. The summed E-state index contributed by atoms with van der Waals surface area (Å²) in [7, 11) is -1.91. The highest BCUT2D eigenvalue weighted by Gasteiger charge is 2.23. The fourth-order valence-electron chi connectivity index (χ4n) is 1.76. The van der Waals surface area contributed by atoms with Crippen LogP contribution in [0, 0.1) is 12.3 Å². The van der Waals surface area contributed by atoms with E-state index < -0.39 is 10.0 Å². The highest BCUT2D eigenvalue weighted by Crippen LogP contribution is 2.23. The molecule has 0 saturated heterocycles. The molecule has 114 valence electrons. The van der Waals surface area contributed by atoms with Crippen LogP contribution < -0.4 is 10.5 Å². The lowest BCUT2D eigenvalue weighted by Crippen LogP contribution is -2.35. The van der Waals surface area contributed by atoms with Crippen molar-refractivity contribution in [2.75, 3.05) is 26.0 Å². The molecule has 6 heteroatoms. The predicted octanol–water partition coefficient (Wildman–Crippen LogP) is 1.92. The molecule has 0 aliphatic heterocycles. The van der Waals surface area contributed by atoms with Gasteiger partial charge in [0, 0.05) is 25.9 Å². The zero-order chi connectivity index (χ0) is 15.4. The molecule has 20 heavy (non-hydrogen) atoms. The highest BCUT2D eigenvalue weighted by molar-refractivity contribution is 7.89. The van der Waals surface area contributed by atoms with Crippen LogP contribution in [0.5, 0.6) is 0 Å². The standard InChI is InChI=1S/C14H24N2O3S/c1-11-12(15)6-5-7-13(11)20(17,18)16-10-14(2,3)8-9-19-4/h5-7,16H,8-10,15H2,1-4H3. The highest BCUT2D eigenvalue weighted by atomic mass is 32.2. The quantitative estimate of drug-likeness (QED) is 0.754. The average molecular weight is 300 g/mol. The number of sulfonamides is 1. The van der Waals surface area contributed by atoms with E-state index in [1.165, 1.54) is 0 Å². The first-order valence-electron chi connectivity index (χ1n) is 6.53. The minimum absolute atomic E-state index is 0.169. The molecule has 0 heterocycles. The Hall–Kier alpha value is -1.11. The largest absolute Gasteiger partial charge is 0.398 e. The third-order valence-corrected chi connectivity index (χ3v) is 4.88. The minimum atomic E-state index is -3.54. The molecule has 0 radical (unpaired) electrons. The van der Waals surface area contributed by atoms with E-state index in [-0.39, 0.29) is 10.3 Å². The summed E-state index contributed by atoms with van der Waals surface area (Å²) in [6.07, 6.45) is 0.780. The summed E-state index contributed by atoms with van der Waals surface area (Å²) in [6.45, 7) is 6.67. The molecule has 0 aliphatic rings. The molecular weight excluding hydrogens is 276 g/mol. The van der Waals surface area contributed by atoms with Gasteiger partial charge < -0.3 is 10.5 Å². The summed E-state index contributed by atoms with van der Waals surface area (Å²) >= 11 is 0. The van der Waals surface area contributed by atoms with E-state index in [1.54, 1.807) is 32.2 Å². The van der Waals surface area contributed by atoms with Gasteiger partial charge in [-0.15, -0.1) is 0 Å². The maximum absolute atomic E-state index is 12.3. The van der Waals surface area contributed by atoms with Crippen molar-refractivity contribution in [3.63, 3.8) is 0 Å². The van der Waals surface area contributed by atoms with E-state index in [4.69, 9.17) is 10.5 Å². The molecule has 0 fully saturated rings. The Bertz CT molecular complexity index is 554. The third-order valence-electron chi connectivity index (χ3n) is 3.34. The fourth-order valence-corrected chi connectivity index (χ4v) is 3.27. The number of nitrogens with two attached hydrogens (primary N) is 1. The number of nitrogens with one attached hydrogen (secondary N) is 1. The summed E-state index contributed by atoms with van der Waals surface area (Å²) in [5.41, 5.74) is 6.64. The van der Waals surface area contributed by atoms with Crippen LogP contribution in [0.2, 0.25) is 0 Å². The number of nitrogen functional groups attached to an aromatic ring is 1. The Kier molecular flexibility index (Phi) is 5.56. The van der Waals surface area contributed by atoms with Gasteiger partial charge in [-0.1, -0.05) is 19.9 Å². The Morgan fingerprint density at radius 1 is 1.35 bits per heavy atom. The lowest BCUT2D eigenvalue weighted by molar-refractivity contribution is 0.153. The number of anilines is 1. The smallest absolute Gasteiger partial charge is 0.240 e. The van der Waals surface area contributed by atoms with E-state index in [1.807, 2.05) is 13.8 Å². The number of hydrogen-bond donors (Lipinski definition) is 2. The Labute approximate surface area is 121 Å². The Morgan fingerprint density at radius 2 is 2.00 bits per heavy atom. The van der Waals surface area contributed by atoms with Gasteiger partial charge in [-0.05, 0) is 36.5 Å². The molecule has 1 rings (SSSR count). The second-order valence-corrected chi connectivity index (χ2v) is 7.44. The van der Waals surface area contributed by atoms with Crippen molar-refractivity contribution in [3.8, 4) is 0 Å². The van der Waals surface area contributed by atoms with Gasteiger partial charge in [0.15, 0.2) is 0 Å². The Morgan fingerprint density at radius 3 is 2.60 bits per heavy atom. The van der Waals surface area contributed by atoms with E-state index in [0.717, 1.165) is 6.42 Å². The van der Waals surface area contributed by atoms with Crippen LogP contribution in [0.4, 0.5) is 5.69 Å². The number of rotatable bonds is 7. The second kappa shape index (κ2) is 6.56. The van der Waals surface area contributed by atoms with Crippen LogP contribution in [0.1, 0.15) is 25.8 Å². The number of benzene rings is 1. The van der Waals surface area contributed by atoms with Crippen molar-refractivity contribution >= 4 is 15.7 Å². The Balaban J connectivity index is 2.83. The van der Waals surface area contributed by atoms with Gasteiger partial charge in [-0.25, -0.2) is 13.1 Å². The van der Waals surface area contributed by atoms with Gasteiger partial charge in [0.2, 0.25) is 10.0 Å². The molecule has 0 amide bonds. The van der Waals surface area contributed by atoms with Crippen molar-refractivity contribution in [2.24, 2.45) is 5.41 Å². The van der Waals surface area contributed by atoms with E-state index >= 15 is 0 Å². The maximum atomic E-state index is 12.3. The summed E-state index contributed by atoms with van der Waals surface area (Å²) in [6, 6.07) is 4.90. The third kappa shape index (κ3) is 4.47. The predicted molar refractivity (Wildman–Crippen MR) is 81.1 cm³/mol. The van der Waals surface area contributed by atoms with Crippen molar-refractivity contribution < 1.29 is 13.2 Å². The molecular formula is C14H24N2O3S. The van der Waals surface area contributed by atoms with Gasteiger partial charge >= 0.3 is 0 Å². The van der Waals surface area contributed by atoms with Gasteiger partial charge in [0.1, 0.15) is 0 Å². The molecule has 1 aromatic rings. The first-order chi connectivity index (χ1) is 9.19. The first kappa shape index (κ1) is 16.9. The van der Waals surface area contributed by atoms with Crippen molar-refractivity contribution in [3.05, 3.63) is 23.8 Å². The monoisotopic (exact) mass is 300 g/mol. The minimum Gasteiger partial charge on any atom is -0.398 e. The van der Waals surface area contributed by atoms with Crippen LogP contribution >= 0.6 is 0 Å². The normalized spacial score (nSPS) is 12.6. The van der Waals surface area contributed by atoms with Crippen LogP contribution in [-0.4, -0.2) is 28.7 Å². The molecule has 0 bridgehead atoms. The van der Waals surface area contributed by atoms with Gasteiger partial charge in [0.25, 0.3) is 0 Å². The molecule has 0 spiro atoms. The van der Waals surface area contributed by atoms with Crippen molar-refractivity contribution in [1.82, 2.24) is 4.72 Å². The molecule has 0 atom stereocenters. The van der Waals surface area contributed by atoms with E-state index in [2.05, 4.69) is 4.72 Å². The van der Waals surface area contributed by atoms with Crippen LogP contribution in [-0.2, 0) is 14.8 Å². The van der Waals surface area contributed by atoms with Gasteiger partial charge in [-0.2, -0.15) is 0 Å². The number of ether oxygens (including phenoxy) is 1.